The maximum absolute atomic E-state index is 12.4. The Labute approximate surface area is 183 Å². The van der Waals surface area contributed by atoms with E-state index in [0.29, 0.717) is 36.0 Å². The molecule has 0 aliphatic rings. The number of oxazole rings is 1. The van der Waals surface area contributed by atoms with E-state index < -0.39 is 0 Å². The Morgan fingerprint density at radius 2 is 2.03 bits per heavy atom. The summed E-state index contributed by atoms with van der Waals surface area (Å²) >= 11 is 0. The average molecular weight is 427 g/mol. The van der Waals surface area contributed by atoms with Crippen LogP contribution in [0.1, 0.15) is 29.3 Å². The fourth-order valence-corrected chi connectivity index (χ4v) is 3.32. The van der Waals surface area contributed by atoms with Gasteiger partial charge in [0.05, 0.1) is 12.2 Å². The summed E-state index contributed by atoms with van der Waals surface area (Å²) in [5.41, 5.74) is 3.77. The van der Waals surface area contributed by atoms with E-state index in [2.05, 4.69) is 27.2 Å². The van der Waals surface area contributed by atoms with Crippen LogP contribution in [0.25, 0.3) is 28.3 Å². The number of carbonyl (C=O) groups excluding carboxylic acids is 1. The first-order chi connectivity index (χ1) is 15.7. The van der Waals surface area contributed by atoms with Gasteiger partial charge in [-0.3, -0.25) is 9.20 Å². The lowest BCUT2D eigenvalue weighted by Crippen LogP contribution is -2.23. The van der Waals surface area contributed by atoms with Gasteiger partial charge >= 0.3 is 0 Å². The highest BCUT2D eigenvalue weighted by Crippen LogP contribution is 2.27. The van der Waals surface area contributed by atoms with Crippen LogP contribution in [-0.2, 0) is 6.54 Å². The molecule has 5 rings (SSSR count). The first kappa shape index (κ1) is 19.7. The molecular formula is C24H21N5O3. The van der Waals surface area contributed by atoms with Gasteiger partial charge in [0.15, 0.2) is 5.58 Å². The molecule has 0 radical (unpaired) electrons. The molecule has 0 saturated heterocycles. The monoisotopic (exact) mass is 427 g/mol. The first-order valence-electron chi connectivity index (χ1n) is 10.4. The Morgan fingerprint density at radius 3 is 2.88 bits per heavy atom. The number of fused-ring (bicyclic) bond motifs is 2. The van der Waals surface area contributed by atoms with Crippen molar-refractivity contribution in [2.75, 3.05) is 6.61 Å². The summed E-state index contributed by atoms with van der Waals surface area (Å²) in [5, 5.41) is 2.91. The number of amides is 1. The molecule has 0 unspecified atom stereocenters. The number of carbonyl (C=O) groups is 1. The van der Waals surface area contributed by atoms with Gasteiger partial charge in [-0.25, -0.2) is 15.0 Å². The van der Waals surface area contributed by atoms with Crippen molar-refractivity contribution >= 4 is 22.8 Å². The van der Waals surface area contributed by atoms with Crippen LogP contribution in [0.2, 0.25) is 0 Å². The summed E-state index contributed by atoms with van der Waals surface area (Å²) in [4.78, 5) is 25.3. The molecule has 0 saturated carbocycles. The molecule has 3 aromatic heterocycles. The number of imidazole rings is 1. The van der Waals surface area contributed by atoms with E-state index in [9.17, 15) is 4.79 Å². The molecular weight excluding hydrogens is 406 g/mol. The number of ether oxygens (including phenoxy) is 1. The minimum Gasteiger partial charge on any atom is -0.494 e. The summed E-state index contributed by atoms with van der Waals surface area (Å²) < 4.78 is 13.3. The normalized spacial score (nSPS) is 11.2. The second-order valence-corrected chi connectivity index (χ2v) is 7.35. The van der Waals surface area contributed by atoms with Gasteiger partial charge in [-0.2, -0.15) is 0 Å². The lowest BCUT2D eigenvalue weighted by Gasteiger charge is -2.06. The SMILES string of the molecule is CCCOc1ccc2oc(-c3ccc(CNC(=O)c4cnc5nccn5c4)cc3)nc2c1. The largest absolute Gasteiger partial charge is 0.494 e. The zero-order valence-corrected chi connectivity index (χ0v) is 17.5. The lowest BCUT2D eigenvalue weighted by atomic mass is 10.1. The summed E-state index contributed by atoms with van der Waals surface area (Å²) in [6, 6.07) is 13.4. The van der Waals surface area contributed by atoms with Gasteiger partial charge in [-0.15, -0.1) is 0 Å². The van der Waals surface area contributed by atoms with E-state index in [1.807, 2.05) is 42.5 Å². The van der Waals surface area contributed by atoms with Crippen molar-refractivity contribution in [3.8, 4) is 17.2 Å². The topological polar surface area (TPSA) is 94.5 Å². The molecule has 160 valence electrons. The van der Waals surface area contributed by atoms with Gasteiger partial charge in [0.1, 0.15) is 11.3 Å². The van der Waals surface area contributed by atoms with Crippen LogP contribution in [-0.4, -0.2) is 31.9 Å². The zero-order valence-electron chi connectivity index (χ0n) is 17.5. The van der Waals surface area contributed by atoms with E-state index in [4.69, 9.17) is 9.15 Å². The molecule has 5 aromatic rings. The van der Waals surface area contributed by atoms with Crippen molar-refractivity contribution in [2.24, 2.45) is 0 Å². The van der Waals surface area contributed by atoms with E-state index in [1.165, 1.54) is 6.20 Å². The fourth-order valence-electron chi connectivity index (χ4n) is 3.32. The third-order valence-corrected chi connectivity index (χ3v) is 4.99. The molecule has 3 heterocycles. The number of aromatic nitrogens is 4. The summed E-state index contributed by atoms with van der Waals surface area (Å²) in [6.45, 7) is 3.13. The number of nitrogens with one attached hydrogen (secondary N) is 1. The number of rotatable bonds is 7. The predicted molar refractivity (Wildman–Crippen MR) is 119 cm³/mol. The molecule has 1 N–H and O–H groups in total. The number of benzene rings is 2. The van der Waals surface area contributed by atoms with Crippen LogP contribution in [0, 0.1) is 0 Å². The third kappa shape index (κ3) is 4.02. The predicted octanol–water partition coefficient (Wildman–Crippen LogP) is 4.26. The Morgan fingerprint density at radius 1 is 1.16 bits per heavy atom. The van der Waals surface area contributed by atoms with Crippen LogP contribution < -0.4 is 10.1 Å². The van der Waals surface area contributed by atoms with Gasteiger partial charge in [0.2, 0.25) is 11.7 Å². The Balaban J connectivity index is 1.26. The van der Waals surface area contributed by atoms with Crippen molar-refractivity contribution in [1.29, 1.82) is 0 Å². The maximum atomic E-state index is 12.4. The maximum Gasteiger partial charge on any atom is 0.254 e. The number of nitrogens with zero attached hydrogens (tertiary/aromatic N) is 4. The molecule has 0 bridgehead atoms. The standard InChI is InChI=1S/C24H21N5O3/c1-2-11-31-19-7-8-21-20(12-19)28-23(32-21)17-5-3-16(4-6-17)13-26-22(30)18-14-27-24-25-9-10-29(24)15-18/h3-10,12,14-15H,2,11,13H2,1H3,(H,26,30). The molecule has 0 aliphatic carbocycles. The van der Waals surface area contributed by atoms with Crippen LogP contribution in [0.15, 0.2) is 71.7 Å². The highest BCUT2D eigenvalue weighted by Gasteiger charge is 2.11. The zero-order chi connectivity index (χ0) is 21.9. The molecule has 0 aliphatic heterocycles. The van der Waals surface area contributed by atoms with Crippen molar-refractivity contribution in [3.63, 3.8) is 0 Å². The Hall–Kier alpha value is -4.20. The van der Waals surface area contributed by atoms with Crippen LogP contribution in [0.5, 0.6) is 5.75 Å². The van der Waals surface area contributed by atoms with Crippen molar-refractivity contribution in [1.82, 2.24) is 24.7 Å². The van der Waals surface area contributed by atoms with Gasteiger partial charge in [0.25, 0.3) is 5.91 Å². The number of hydrogen-bond donors (Lipinski definition) is 1. The highest BCUT2D eigenvalue weighted by atomic mass is 16.5. The van der Waals surface area contributed by atoms with Crippen LogP contribution in [0.3, 0.4) is 0 Å². The minimum absolute atomic E-state index is 0.197. The summed E-state index contributed by atoms with van der Waals surface area (Å²) in [5.74, 6) is 1.69. The smallest absolute Gasteiger partial charge is 0.254 e. The highest BCUT2D eigenvalue weighted by molar-refractivity contribution is 5.93. The van der Waals surface area contributed by atoms with E-state index in [0.717, 1.165) is 28.8 Å². The number of hydrogen-bond acceptors (Lipinski definition) is 6. The molecule has 2 aromatic carbocycles. The average Bonchev–Trinajstić information content (AvgIpc) is 3.47. The third-order valence-electron chi connectivity index (χ3n) is 4.99. The molecule has 32 heavy (non-hydrogen) atoms. The molecule has 0 atom stereocenters. The first-order valence-corrected chi connectivity index (χ1v) is 10.4. The van der Waals surface area contributed by atoms with E-state index in [1.54, 1.807) is 23.0 Å². The van der Waals surface area contributed by atoms with Crippen LogP contribution >= 0.6 is 0 Å². The van der Waals surface area contributed by atoms with E-state index in [-0.39, 0.29) is 5.91 Å². The van der Waals surface area contributed by atoms with Crippen molar-refractivity contribution < 1.29 is 13.9 Å². The van der Waals surface area contributed by atoms with E-state index >= 15 is 0 Å². The van der Waals surface area contributed by atoms with Crippen molar-refractivity contribution in [3.05, 3.63) is 78.4 Å². The molecule has 8 nitrogen and oxygen atoms in total. The van der Waals surface area contributed by atoms with Gasteiger partial charge in [0, 0.05) is 43.0 Å². The van der Waals surface area contributed by atoms with Gasteiger partial charge in [-0.1, -0.05) is 19.1 Å². The quantitative estimate of drug-likeness (QED) is 0.417. The molecule has 1 amide bonds. The second kappa shape index (κ2) is 8.50. The Kier molecular flexibility index (Phi) is 5.25. The Bertz CT molecular complexity index is 1390. The lowest BCUT2D eigenvalue weighted by molar-refractivity contribution is 0.0950. The van der Waals surface area contributed by atoms with Gasteiger partial charge in [-0.05, 0) is 36.2 Å². The molecule has 8 heteroatoms. The second-order valence-electron chi connectivity index (χ2n) is 7.35. The fraction of sp³-hybridized carbons (Fsp3) is 0.167. The molecule has 0 fully saturated rings. The summed E-state index contributed by atoms with van der Waals surface area (Å²) in [6.07, 6.45) is 7.57. The molecule has 0 spiro atoms. The van der Waals surface area contributed by atoms with Gasteiger partial charge < -0.3 is 14.5 Å². The van der Waals surface area contributed by atoms with Crippen LogP contribution in [0.4, 0.5) is 0 Å². The summed E-state index contributed by atoms with van der Waals surface area (Å²) in [7, 11) is 0. The minimum atomic E-state index is -0.197. The van der Waals surface area contributed by atoms with Crippen molar-refractivity contribution in [2.45, 2.75) is 19.9 Å².